The second-order valence-electron chi connectivity index (χ2n) is 13.0. The van der Waals surface area contributed by atoms with Gasteiger partial charge in [-0.1, -0.05) is 67.2 Å². The Morgan fingerprint density at radius 3 is 1.86 bits per heavy atom. The Morgan fingerprint density at radius 1 is 1.00 bits per heavy atom. The van der Waals surface area contributed by atoms with Crippen molar-refractivity contribution >= 4 is 24.0 Å². The number of carbonyl (C=O) groups excluding carboxylic acids is 4. The zero-order chi connectivity index (χ0) is 27.7. The molecule has 1 saturated heterocycles. The van der Waals surface area contributed by atoms with Gasteiger partial charge in [-0.15, -0.1) is 0 Å². The van der Waals surface area contributed by atoms with Crippen LogP contribution in [-0.2, 0) is 19.2 Å². The van der Waals surface area contributed by atoms with Gasteiger partial charge in [-0.25, -0.2) is 0 Å². The summed E-state index contributed by atoms with van der Waals surface area (Å²) in [4.78, 5) is 47.9. The SMILES string of the molecule is CC(=O)C(CC1CCC1)NC(=O)C1CC(C(C)(C)C2CCC2)CN1C(=O)CN.CC(C)(C)C.NC=O. The molecule has 0 aromatic rings. The summed E-state index contributed by atoms with van der Waals surface area (Å²) in [6.07, 6.45) is 8.86. The molecule has 0 bridgehead atoms. The number of nitrogens with one attached hydrogen (secondary N) is 1. The number of nitrogens with two attached hydrogens (primary N) is 2. The molecule has 0 radical (unpaired) electrons. The molecule has 0 aromatic carbocycles. The summed E-state index contributed by atoms with van der Waals surface area (Å²) in [7, 11) is 0. The van der Waals surface area contributed by atoms with Crippen LogP contribution in [0.1, 0.15) is 99.8 Å². The standard InChI is InChI=1S/C22H37N3O3.C5H12.CH3NO/c1-14(26)18(10-15-6-4-7-15)24-21(28)19-11-17(13-25(19)20(27)12-23)22(2,3)16-8-5-9-16;1-5(2,3)4;2-1-3/h15-19H,4-13,23H2,1-3H3,(H,24,28);1-4H3;1H,(H2,2,3). The molecule has 3 amide bonds. The van der Waals surface area contributed by atoms with E-state index in [0.29, 0.717) is 30.2 Å². The fourth-order valence-electron chi connectivity index (χ4n) is 5.16. The van der Waals surface area contributed by atoms with Gasteiger partial charge in [0.2, 0.25) is 18.2 Å². The number of carbonyl (C=O) groups is 4. The monoisotopic (exact) mass is 508 g/mol. The van der Waals surface area contributed by atoms with E-state index >= 15 is 0 Å². The van der Waals surface area contributed by atoms with Crippen LogP contribution in [0.4, 0.5) is 0 Å². The minimum absolute atomic E-state index is 0.00120. The summed E-state index contributed by atoms with van der Waals surface area (Å²) in [5.41, 5.74) is 10.4. The van der Waals surface area contributed by atoms with Crippen molar-refractivity contribution < 1.29 is 19.2 Å². The molecular formula is C28H52N4O4. The van der Waals surface area contributed by atoms with Crippen LogP contribution >= 0.6 is 0 Å². The van der Waals surface area contributed by atoms with E-state index in [0.717, 1.165) is 19.3 Å². The Bertz CT molecular complexity index is 732. The van der Waals surface area contributed by atoms with E-state index < -0.39 is 12.1 Å². The summed E-state index contributed by atoms with van der Waals surface area (Å²) in [5.74, 6) is 1.12. The molecule has 36 heavy (non-hydrogen) atoms. The number of amides is 3. The molecule has 5 N–H and O–H groups in total. The first kappa shape index (κ1) is 32.1. The summed E-state index contributed by atoms with van der Waals surface area (Å²) < 4.78 is 0. The highest BCUT2D eigenvalue weighted by Gasteiger charge is 2.48. The van der Waals surface area contributed by atoms with Crippen molar-refractivity contribution in [1.29, 1.82) is 0 Å². The lowest BCUT2D eigenvalue weighted by atomic mass is 9.61. The average molecular weight is 509 g/mol. The highest BCUT2D eigenvalue weighted by Crippen LogP contribution is 2.50. The predicted octanol–water partition coefficient (Wildman–Crippen LogP) is 3.41. The second kappa shape index (κ2) is 14.1. The Labute approximate surface area is 218 Å². The fraction of sp³-hybridized carbons (Fsp3) is 0.857. The van der Waals surface area contributed by atoms with Crippen LogP contribution in [0.5, 0.6) is 0 Å². The number of rotatable bonds is 8. The van der Waals surface area contributed by atoms with E-state index in [1.165, 1.54) is 25.7 Å². The van der Waals surface area contributed by atoms with Gasteiger partial charge in [0.1, 0.15) is 6.04 Å². The van der Waals surface area contributed by atoms with Crippen molar-refractivity contribution in [3.05, 3.63) is 0 Å². The number of hydrogen-bond donors (Lipinski definition) is 3. The number of ketones is 1. The van der Waals surface area contributed by atoms with Crippen LogP contribution in [0, 0.1) is 28.6 Å². The molecule has 1 heterocycles. The van der Waals surface area contributed by atoms with E-state index in [-0.39, 0.29) is 41.9 Å². The minimum Gasteiger partial charge on any atom is -0.372 e. The Balaban J connectivity index is 0.000000709. The summed E-state index contributed by atoms with van der Waals surface area (Å²) in [6.45, 7) is 15.4. The molecule has 208 valence electrons. The first-order valence-electron chi connectivity index (χ1n) is 13.6. The van der Waals surface area contributed by atoms with Crippen molar-refractivity contribution in [3.63, 3.8) is 0 Å². The first-order chi connectivity index (χ1) is 16.6. The Morgan fingerprint density at radius 2 is 1.50 bits per heavy atom. The van der Waals surface area contributed by atoms with E-state index in [1.54, 1.807) is 11.8 Å². The minimum atomic E-state index is -0.511. The van der Waals surface area contributed by atoms with E-state index in [9.17, 15) is 14.4 Å². The zero-order valence-electron chi connectivity index (χ0n) is 23.8. The van der Waals surface area contributed by atoms with Gasteiger partial charge in [-0.3, -0.25) is 19.2 Å². The van der Waals surface area contributed by atoms with E-state index in [1.807, 2.05) is 0 Å². The van der Waals surface area contributed by atoms with Crippen molar-refractivity contribution in [2.75, 3.05) is 13.1 Å². The van der Waals surface area contributed by atoms with Gasteiger partial charge in [0.15, 0.2) is 5.78 Å². The van der Waals surface area contributed by atoms with E-state index in [4.69, 9.17) is 10.5 Å². The summed E-state index contributed by atoms with van der Waals surface area (Å²) >= 11 is 0. The van der Waals surface area contributed by atoms with Crippen LogP contribution in [0.15, 0.2) is 0 Å². The molecular weight excluding hydrogens is 456 g/mol. The van der Waals surface area contributed by atoms with Gasteiger partial charge in [0.25, 0.3) is 0 Å². The quantitative estimate of drug-likeness (QED) is 0.432. The van der Waals surface area contributed by atoms with Gasteiger partial charge in [-0.2, -0.15) is 0 Å². The molecule has 0 aromatic heterocycles. The zero-order valence-corrected chi connectivity index (χ0v) is 23.8. The van der Waals surface area contributed by atoms with Crippen molar-refractivity contribution in [3.8, 4) is 0 Å². The number of Topliss-reactive ketones (excluding diaryl/α,β-unsaturated/α-hetero) is 1. The van der Waals surface area contributed by atoms with Crippen molar-refractivity contribution in [1.82, 2.24) is 10.2 Å². The second-order valence-corrected chi connectivity index (χ2v) is 13.0. The van der Waals surface area contributed by atoms with Crippen LogP contribution in [0.3, 0.4) is 0 Å². The lowest BCUT2D eigenvalue weighted by molar-refractivity contribution is -0.138. The van der Waals surface area contributed by atoms with Crippen molar-refractivity contribution in [2.45, 2.75) is 112 Å². The molecule has 2 aliphatic carbocycles. The van der Waals surface area contributed by atoms with Crippen LogP contribution < -0.4 is 16.8 Å². The maximum absolute atomic E-state index is 13.1. The lowest BCUT2D eigenvalue weighted by Crippen LogP contribution is -2.52. The maximum Gasteiger partial charge on any atom is 0.243 e. The molecule has 3 fully saturated rings. The van der Waals surface area contributed by atoms with Gasteiger partial charge < -0.3 is 21.7 Å². The third-order valence-electron chi connectivity index (χ3n) is 7.91. The smallest absolute Gasteiger partial charge is 0.243 e. The van der Waals surface area contributed by atoms with Gasteiger partial charge >= 0.3 is 0 Å². The van der Waals surface area contributed by atoms with Crippen LogP contribution in [-0.4, -0.2) is 54.1 Å². The van der Waals surface area contributed by atoms with Crippen molar-refractivity contribution in [2.24, 2.45) is 40.1 Å². The number of nitrogens with zero attached hydrogens (tertiary/aromatic N) is 1. The molecule has 8 nitrogen and oxygen atoms in total. The van der Waals surface area contributed by atoms with Gasteiger partial charge in [0, 0.05) is 6.54 Å². The largest absolute Gasteiger partial charge is 0.372 e. The van der Waals surface area contributed by atoms with Crippen LogP contribution in [0.2, 0.25) is 0 Å². The van der Waals surface area contributed by atoms with Gasteiger partial charge in [0.05, 0.1) is 12.6 Å². The molecule has 1 aliphatic heterocycles. The van der Waals surface area contributed by atoms with Gasteiger partial charge in [-0.05, 0) is 61.2 Å². The third-order valence-corrected chi connectivity index (χ3v) is 7.91. The van der Waals surface area contributed by atoms with E-state index in [2.05, 4.69) is 52.6 Å². The molecule has 3 atom stereocenters. The number of primary amides is 1. The molecule has 8 heteroatoms. The summed E-state index contributed by atoms with van der Waals surface area (Å²) in [5, 5.41) is 2.97. The Hall–Kier alpha value is -1.96. The predicted molar refractivity (Wildman–Crippen MR) is 144 cm³/mol. The lowest BCUT2D eigenvalue weighted by Gasteiger charge is -2.44. The number of likely N-dealkylation sites (tertiary alicyclic amines) is 1. The third kappa shape index (κ3) is 9.83. The molecule has 0 spiro atoms. The number of hydrogen-bond acceptors (Lipinski definition) is 5. The normalized spacial score (nSPS) is 23.1. The molecule has 3 aliphatic rings. The summed E-state index contributed by atoms with van der Waals surface area (Å²) in [6, 6.07) is -0.949. The first-order valence-corrected chi connectivity index (χ1v) is 13.6. The highest BCUT2D eigenvalue weighted by atomic mass is 16.2. The maximum atomic E-state index is 13.1. The topological polar surface area (TPSA) is 136 Å². The Kier molecular flexibility index (Phi) is 12.6. The molecule has 3 unspecified atom stereocenters. The molecule has 2 saturated carbocycles. The fourth-order valence-corrected chi connectivity index (χ4v) is 5.16. The van der Waals surface area contributed by atoms with Crippen LogP contribution in [0.25, 0.3) is 0 Å². The average Bonchev–Trinajstić information content (AvgIpc) is 3.13. The molecule has 3 rings (SSSR count). The highest BCUT2D eigenvalue weighted by molar-refractivity contribution is 5.92.